The number of primary amides is 1. The highest BCUT2D eigenvalue weighted by atomic mass is 32.1. The number of carbonyl (C=O) groups excluding carboxylic acids is 2. The molecular weight excluding hydrogens is 441 g/mol. The fraction of sp³-hybridized carbons (Fsp3) is 0.208. The highest BCUT2D eigenvalue weighted by molar-refractivity contribution is 7.81. The number of rotatable bonds is 4. The third-order valence-electron chi connectivity index (χ3n) is 6.46. The molecule has 2 heterocycles. The van der Waals surface area contributed by atoms with Crippen LogP contribution < -0.4 is 15.5 Å². The second-order valence-corrected chi connectivity index (χ2v) is 8.49. The quantitative estimate of drug-likeness (QED) is 0.596. The molecule has 2 N–H and O–H groups in total. The van der Waals surface area contributed by atoms with Crippen molar-refractivity contribution in [3.05, 3.63) is 65.4 Å². The third-order valence-corrected chi connectivity index (χ3v) is 6.82. The smallest absolute Gasteiger partial charge is 0.259 e. The first kappa shape index (κ1) is 21.0. The van der Waals surface area contributed by atoms with E-state index >= 15 is 0 Å². The maximum absolute atomic E-state index is 13.8. The highest BCUT2D eigenvalue weighted by Crippen LogP contribution is 2.48. The lowest BCUT2D eigenvalue weighted by Gasteiger charge is -2.43. The molecule has 5 rings (SSSR count). The molecule has 9 heteroatoms. The van der Waals surface area contributed by atoms with Gasteiger partial charge >= 0.3 is 0 Å². The zero-order valence-corrected chi connectivity index (χ0v) is 18.2. The summed E-state index contributed by atoms with van der Waals surface area (Å²) in [6.07, 6.45) is 3.63. The van der Waals surface area contributed by atoms with Gasteiger partial charge in [0.25, 0.3) is 5.91 Å². The molecule has 2 fully saturated rings. The molecule has 164 valence electrons. The van der Waals surface area contributed by atoms with Gasteiger partial charge in [-0.25, -0.2) is 4.39 Å². The van der Waals surface area contributed by atoms with Crippen LogP contribution in [0.1, 0.15) is 40.7 Å². The summed E-state index contributed by atoms with van der Waals surface area (Å²) in [5.41, 5.74) is 6.71. The topological polar surface area (TPSA) is 103 Å². The van der Waals surface area contributed by atoms with E-state index in [-0.39, 0.29) is 22.1 Å². The largest absolute Gasteiger partial charge is 0.366 e. The van der Waals surface area contributed by atoms with Crippen LogP contribution in [0.4, 0.5) is 15.8 Å². The van der Waals surface area contributed by atoms with E-state index in [1.54, 1.807) is 41.4 Å². The number of amides is 2. The lowest BCUT2D eigenvalue weighted by atomic mass is 9.75. The molecule has 33 heavy (non-hydrogen) atoms. The van der Waals surface area contributed by atoms with Crippen LogP contribution in [-0.4, -0.2) is 27.4 Å². The van der Waals surface area contributed by atoms with Crippen molar-refractivity contribution in [3.63, 3.8) is 0 Å². The van der Waals surface area contributed by atoms with E-state index in [0.717, 1.165) is 6.42 Å². The minimum absolute atomic E-state index is 0.0985. The fourth-order valence-electron chi connectivity index (χ4n) is 4.71. The Balaban J connectivity index is 1.67. The first-order valence-electron chi connectivity index (χ1n) is 10.4. The van der Waals surface area contributed by atoms with Gasteiger partial charge in [-0.2, -0.15) is 5.26 Å². The first-order valence-corrected chi connectivity index (χ1v) is 10.8. The number of fused-ring (bicyclic) bond motifs is 1. The van der Waals surface area contributed by atoms with Crippen LogP contribution in [0, 0.1) is 11.3 Å². The van der Waals surface area contributed by atoms with Gasteiger partial charge in [0.2, 0.25) is 5.91 Å². The van der Waals surface area contributed by atoms with Crippen LogP contribution >= 0.6 is 12.2 Å². The molecule has 1 aliphatic heterocycles. The predicted molar refractivity (Wildman–Crippen MR) is 125 cm³/mol. The number of halogens is 1. The molecule has 0 unspecified atom stereocenters. The van der Waals surface area contributed by atoms with Gasteiger partial charge < -0.3 is 10.6 Å². The van der Waals surface area contributed by atoms with Gasteiger partial charge in [0.1, 0.15) is 18.3 Å². The van der Waals surface area contributed by atoms with Crippen molar-refractivity contribution in [2.24, 2.45) is 5.73 Å². The number of hydrogen-bond donors (Lipinski definition) is 1. The van der Waals surface area contributed by atoms with Crippen molar-refractivity contribution in [3.8, 4) is 6.07 Å². The summed E-state index contributed by atoms with van der Waals surface area (Å²) in [7, 11) is 0. The van der Waals surface area contributed by atoms with Gasteiger partial charge in [-0.1, -0.05) is 0 Å². The maximum Gasteiger partial charge on any atom is 0.259 e. The predicted octanol–water partition coefficient (Wildman–Crippen LogP) is 3.74. The normalized spacial score (nSPS) is 16.8. The summed E-state index contributed by atoms with van der Waals surface area (Å²) in [6.45, 7) is -0.872. The number of anilines is 2. The van der Waals surface area contributed by atoms with E-state index < -0.39 is 18.1 Å². The molecule has 1 saturated carbocycles. The van der Waals surface area contributed by atoms with E-state index in [0.29, 0.717) is 40.7 Å². The number of aromatic nitrogens is 1. The van der Waals surface area contributed by atoms with Gasteiger partial charge in [-0.3, -0.25) is 19.5 Å². The van der Waals surface area contributed by atoms with E-state index in [1.165, 1.54) is 17.0 Å². The molecule has 1 aliphatic carbocycles. The number of nitrogens with zero attached hydrogens (tertiary/aromatic N) is 4. The Hall–Kier alpha value is -3.90. The van der Waals surface area contributed by atoms with E-state index in [2.05, 4.69) is 11.1 Å². The van der Waals surface area contributed by atoms with Gasteiger partial charge in [0.05, 0.1) is 16.8 Å². The summed E-state index contributed by atoms with van der Waals surface area (Å²) < 4.78 is 13.7. The Kier molecular flexibility index (Phi) is 4.83. The number of nitrogens with two attached hydrogens (primary N) is 1. The SMILES string of the molecule is N#Cc1ccc(N2C(=O)C3(CCC3)N(c3ccc(C(N)=O)c(CF)c3)C2=S)c2cccnc12. The first-order chi connectivity index (χ1) is 15.9. The molecule has 3 aromatic rings. The standard InChI is InChI=1S/C24H18FN5O2S/c25-12-15-11-16(5-6-17(15)21(27)31)30-23(33)29(22(32)24(30)8-2-9-24)19-7-4-14(13-26)20-18(19)3-1-10-28-20/h1,3-7,10-11H,2,8-9,12H2,(H2,27,31). The summed E-state index contributed by atoms with van der Waals surface area (Å²) in [6, 6.07) is 13.6. The summed E-state index contributed by atoms with van der Waals surface area (Å²) >= 11 is 5.80. The minimum atomic E-state index is -0.874. The average molecular weight is 460 g/mol. The molecule has 2 aliphatic rings. The van der Waals surface area contributed by atoms with Crippen LogP contribution in [-0.2, 0) is 11.5 Å². The Morgan fingerprint density at radius 1 is 1.27 bits per heavy atom. The second-order valence-electron chi connectivity index (χ2n) is 8.13. The lowest BCUT2D eigenvalue weighted by molar-refractivity contribution is -0.123. The number of alkyl halides is 1. The Labute approximate surface area is 194 Å². The number of hydrogen-bond acceptors (Lipinski definition) is 5. The van der Waals surface area contributed by atoms with Crippen LogP contribution in [0.25, 0.3) is 10.9 Å². The number of pyridine rings is 1. The minimum Gasteiger partial charge on any atom is -0.366 e. The average Bonchev–Trinajstić information content (AvgIpc) is 3.04. The Morgan fingerprint density at radius 3 is 2.70 bits per heavy atom. The van der Waals surface area contributed by atoms with Gasteiger partial charge in [0.15, 0.2) is 5.11 Å². The van der Waals surface area contributed by atoms with E-state index in [9.17, 15) is 19.2 Å². The molecule has 1 aromatic heterocycles. The van der Waals surface area contributed by atoms with Gasteiger partial charge in [0, 0.05) is 22.8 Å². The zero-order chi connectivity index (χ0) is 23.3. The summed E-state index contributed by atoms with van der Waals surface area (Å²) in [4.78, 5) is 33.0. The fourth-order valence-corrected chi connectivity index (χ4v) is 5.17. The monoisotopic (exact) mass is 459 g/mol. The highest BCUT2D eigenvalue weighted by Gasteiger charge is 2.59. The van der Waals surface area contributed by atoms with Crippen molar-refractivity contribution < 1.29 is 14.0 Å². The molecule has 1 spiro atoms. The van der Waals surface area contributed by atoms with Crippen molar-refractivity contribution in [1.82, 2.24) is 4.98 Å². The van der Waals surface area contributed by atoms with Crippen molar-refractivity contribution >= 4 is 51.4 Å². The molecule has 1 saturated heterocycles. The van der Waals surface area contributed by atoms with E-state index in [4.69, 9.17) is 18.0 Å². The number of carbonyl (C=O) groups is 2. The van der Waals surface area contributed by atoms with Crippen LogP contribution in [0.5, 0.6) is 0 Å². The summed E-state index contributed by atoms with van der Waals surface area (Å²) in [5, 5.41) is 10.4. The Bertz CT molecular complexity index is 1400. The zero-order valence-electron chi connectivity index (χ0n) is 17.4. The van der Waals surface area contributed by atoms with E-state index in [1.807, 2.05) is 0 Å². The lowest BCUT2D eigenvalue weighted by Crippen LogP contribution is -2.55. The number of thiocarbonyl (C=S) groups is 1. The Morgan fingerprint density at radius 2 is 2.06 bits per heavy atom. The molecule has 0 bridgehead atoms. The van der Waals surface area contributed by atoms with Gasteiger partial charge in [-0.15, -0.1) is 0 Å². The molecule has 7 nitrogen and oxygen atoms in total. The molecule has 0 radical (unpaired) electrons. The van der Waals surface area contributed by atoms with Gasteiger partial charge in [-0.05, 0) is 79.5 Å². The number of benzene rings is 2. The van der Waals surface area contributed by atoms with Crippen LogP contribution in [0.3, 0.4) is 0 Å². The molecule has 2 amide bonds. The summed E-state index contributed by atoms with van der Waals surface area (Å²) in [5.74, 6) is -0.889. The maximum atomic E-state index is 13.8. The van der Waals surface area contributed by atoms with Crippen molar-refractivity contribution in [2.45, 2.75) is 31.5 Å². The van der Waals surface area contributed by atoms with Crippen molar-refractivity contribution in [1.29, 1.82) is 5.26 Å². The molecule has 0 atom stereocenters. The van der Waals surface area contributed by atoms with Crippen LogP contribution in [0.2, 0.25) is 0 Å². The molecular formula is C24H18FN5O2S. The number of nitriles is 1. The van der Waals surface area contributed by atoms with Crippen molar-refractivity contribution in [2.75, 3.05) is 9.80 Å². The second kappa shape index (κ2) is 7.60. The molecule has 2 aromatic carbocycles. The van der Waals surface area contributed by atoms with Crippen LogP contribution in [0.15, 0.2) is 48.7 Å². The third kappa shape index (κ3) is 2.91.